The number of carbonyl (C=O) groups is 2. The molecule has 3 amide bonds. The van der Waals surface area contributed by atoms with Crippen molar-refractivity contribution in [1.82, 2.24) is 20.4 Å². The lowest BCUT2D eigenvalue weighted by Gasteiger charge is -2.34. The first-order valence-corrected chi connectivity index (χ1v) is 6.20. The van der Waals surface area contributed by atoms with Gasteiger partial charge in [0.25, 0.3) is 0 Å². The summed E-state index contributed by atoms with van der Waals surface area (Å²) < 4.78 is 0. The van der Waals surface area contributed by atoms with Crippen molar-refractivity contribution in [2.75, 3.05) is 45.8 Å². The third kappa shape index (κ3) is 4.22. The van der Waals surface area contributed by atoms with E-state index in [0.29, 0.717) is 39.3 Å². The van der Waals surface area contributed by atoms with E-state index in [9.17, 15) is 9.59 Å². The van der Waals surface area contributed by atoms with Gasteiger partial charge in [0.2, 0.25) is 5.91 Å². The first-order chi connectivity index (χ1) is 8.19. The Hall–Kier alpha value is -1.30. The molecule has 6 nitrogen and oxygen atoms in total. The Bertz CT molecular complexity index is 262. The molecule has 1 fully saturated rings. The van der Waals surface area contributed by atoms with Crippen LogP contribution in [0.3, 0.4) is 0 Å². The SMILES string of the molecule is CCNCC(=O)N1CCN(C(=O)NCC)CC1. The summed E-state index contributed by atoms with van der Waals surface area (Å²) in [6.07, 6.45) is 0. The van der Waals surface area contributed by atoms with Crippen molar-refractivity contribution in [3.63, 3.8) is 0 Å². The second kappa shape index (κ2) is 7.11. The molecule has 0 saturated carbocycles. The van der Waals surface area contributed by atoms with Crippen molar-refractivity contribution in [3.8, 4) is 0 Å². The van der Waals surface area contributed by atoms with Crippen molar-refractivity contribution >= 4 is 11.9 Å². The third-order valence-corrected chi connectivity index (χ3v) is 2.77. The number of likely N-dealkylation sites (N-methyl/N-ethyl adjacent to an activating group) is 1. The quantitative estimate of drug-likeness (QED) is 0.696. The van der Waals surface area contributed by atoms with Crippen molar-refractivity contribution < 1.29 is 9.59 Å². The van der Waals surface area contributed by atoms with Crippen LogP contribution < -0.4 is 10.6 Å². The summed E-state index contributed by atoms with van der Waals surface area (Å²) in [5.74, 6) is 0.113. The van der Waals surface area contributed by atoms with Crippen LogP contribution in [0.1, 0.15) is 13.8 Å². The van der Waals surface area contributed by atoms with Gasteiger partial charge < -0.3 is 20.4 Å². The lowest BCUT2D eigenvalue weighted by molar-refractivity contribution is -0.131. The second-order valence-electron chi connectivity index (χ2n) is 3.98. The standard InChI is InChI=1S/C11H22N4O2/c1-3-12-9-10(16)14-5-7-15(8-6-14)11(17)13-4-2/h12H,3-9H2,1-2H3,(H,13,17). The van der Waals surface area contributed by atoms with Crippen LogP contribution >= 0.6 is 0 Å². The van der Waals surface area contributed by atoms with Gasteiger partial charge in [0, 0.05) is 32.7 Å². The fraction of sp³-hybridized carbons (Fsp3) is 0.818. The molecule has 2 N–H and O–H groups in total. The van der Waals surface area contributed by atoms with Crippen LogP contribution in [0, 0.1) is 0 Å². The van der Waals surface area contributed by atoms with Gasteiger partial charge in [-0.2, -0.15) is 0 Å². The Morgan fingerprint density at radius 2 is 1.59 bits per heavy atom. The minimum absolute atomic E-state index is 0.0358. The molecular formula is C11H22N4O2. The van der Waals surface area contributed by atoms with Gasteiger partial charge in [-0.15, -0.1) is 0 Å². The largest absolute Gasteiger partial charge is 0.338 e. The Labute approximate surface area is 102 Å². The number of hydrogen-bond acceptors (Lipinski definition) is 3. The molecule has 6 heteroatoms. The zero-order valence-corrected chi connectivity index (χ0v) is 10.7. The van der Waals surface area contributed by atoms with Crippen molar-refractivity contribution in [3.05, 3.63) is 0 Å². The summed E-state index contributed by atoms with van der Waals surface area (Å²) in [6, 6.07) is -0.0358. The van der Waals surface area contributed by atoms with Crippen LogP contribution in [-0.4, -0.2) is 67.6 Å². The highest BCUT2D eigenvalue weighted by Gasteiger charge is 2.23. The van der Waals surface area contributed by atoms with E-state index in [1.54, 1.807) is 9.80 Å². The Kier molecular flexibility index (Phi) is 5.76. The molecule has 1 rings (SSSR count). The predicted octanol–water partition coefficient (Wildman–Crippen LogP) is -0.530. The number of piperazine rings is 1. The van der Waals surface area contributed by atoms with Crippen LogP contribution in [0.25, 0.3) is 0 Å². The normalized spacial score (nSPS) is 15.9. The molecule has 0 bridgehead atoms. The smallest absolute Gasteiger partial charge is 0.317 e. The first kappa shape index (κ1) is 13.8. The maximum absolute atomic E-state index is 11.7. The van der Waals surface area contributed by atoms with E-state index in [-0.39, 0.29) is 11.9 Å². The highest BCUT2D eigenvalue weighted by molar-refractivity contribution is 5.79. The topological polar surface area (TPSA) is 64.7 Å². The molecule has 1 heterocycles. The van der Waals surface area contributed by atoms with E-state index in [1.165, 1.54) is 0 Å². The second-order valence-corrected chi connectivity index (χ2v) is 3.98. The fourth-order valence-corrected chi connectivity index (χ4v) is 1.77. The van der Waals surface area contributed by atoms with Gasteiger partial charge in [0.05, 0.1) is 6.54 Å². The first-order valence-electron chi connectivity index (χ1n) is 6.20. The Morgan fingerprint density at radius 1 is 1.00 bits per heavy atom. The lowest BCUT2D eigenvalue weighted by atomic mass is 10.3. The van der Waals surface area contributed by atoms with Gasteiger partial charge in [-0.3, -0.25) is 4.79 Å². The number of nitrogens with zero attached hydrogens (tertiary/aromatic N) is 2. The molecule has 0 aromatic heterocycles. The zero-order chi connectivity index (χ0) is 12.7. The van der Waals surface area contributed by atoms with E-state index in [2.05, 4.69) is 10.6 Å². The molecule has 0 unspecified atom stereocenters. The average molecular weight is 242 g/mol. The molecule has 17 heavy (non-hydrogen) atoms. The maximum atomic E-state index is 11.7. The van der Waals surface area contributed by atoms with Gasteiger partial charge in [-0.1, -0.05) is 6.92 Å². The van der Waals surface area contributed by atoms with Crippen molar-refractivity contribution in [1.29, 1.82) is 0 Å². The number of amides is 3. The van der Waals surface area contributed by atoms with Gasteiger partial charge in [-0.05, 0) is 13.5 Å². The summed E-state index contributed by atoms with van der Waals surface area (Å²) in [6.45, 7) is 8.17. The van der Waals surface area contributed by atoms with E-state index in [1.807, 2.05) is 13.8 Å². The third-order valence-electron chi connectivity index (χ3n) is 2.77. The number of hydrogen-bond donors (Lipinski definition) is 2. The Balaban J connectivity index is 2.30. The summed E-state index contributed by atoms with van der Waals surface area (Å²) in [7, 11) is 0. The van der Waals surface area contributed by atoms with Crippen LogP contribution in [0.2, 0.25) is 0 Å². The van der Waals surface area contributed by atoms with E-state index >= 15 is 0 Å². The lowest BCUT2D eigenvalue weighted by Crippen LogP contribution is -2.54. The van der Waals surface area contributed by atoms with E-state index in [4.69, 9.17) is 0 Å². The average Bonchev–Trinajstić information content (AvgIpc) is 2.36. The van der Waals surface area contributed by atoms with Gasteiger partial charge in [-0.25, -0.2) is 4.79 Å². The molecule has 0 spiro atoms. The molecule has 1 aliphatic heterocycles. The van der Waals surface area contributed by atoms with Crippen LogP contribution in [0.4, 0.5) is 4.79 Å². The molecule has 0 aliphatic carbocycles. The van der Waals surface area contributed by atoms with E-state index < -0.39 is 0 Å². The molecule has 1 aliphatic rings. The molecule has 0 radical (unpaired) electrons. The molecule has 0 aromatic rings. The van der Waals surface area contributed by atoms with Crippen LogP contribution in [0.5, 0.6) is 0 Å². The summed E-state index contributed by atoms with van der Waals surface area (Å²) in [5.41, 5.74) is 0. The molecule has 98 valence electrons. The maximum Gasteiger partial charge on any atom is 0.317 e. The van der Waals surface area contributed by atoms with E-state index in [0.717, 1.165) is 6.54 Å². The monoisotopic (exact) mass is 242 g/mol. The highest BCUT2D eigenvalue weighted by atomic mass is 16.2. The van der Waals surface area contributed by atoms with Gasteiger partial charge in [0.1, 0.15) is 0 Å². The van der Waals surface area contributed by atoms with Crippen molar-refractivity contribution in [2.24, 2.45) is 0 Å². The number of carbonyl (C=O) groups excluding carboxylic acids is 2. The molecule has 0 atom stereocenters. The van der Waals surface area contributed by atoms with Crippen LogP contribution in [-0.2, 0) is 4.79 Å². The summed E-state index contributed by atoms with van der Waals surface area (Å²) in [4.78, 5) is 26.8. The van der Waals surface area contributed by atoms with Gasteiger partial charge in [0.15, 0.2) is 0 Å². The van der Waals surface area contributed by atoms with Crippen molar-refractivity contribution in [2.45, 2.75) is 13.8 Å². The Morgan fingerprint density at radius 3 is 2.12 bits per heavy atom. The predicted molar refractivity (Wildman–Crippen MR) is 65.8 cm³/mol. The number of urea groups is 1. The van der Waals surface area contributed by atoms with Gasteiger partial charge >= 0.3 is 6.03 Å². The molecule has 1 saturated heterocycles. The highest BCUT2D eigenvalue weighted by Crippen LogP contribution is 2.02. The zero-order valence-electron chi connectivity index (χ0n) is 10.7. The summed E-state index contributed by atoms with van der Waals surface area (Å²) in [5, 5.41) is 5.78. The van der Waals surface area contributed by atoms with Crippen LogP contribution in [0.15, 0.2) is 0 Å². The minimum atomic E-state index is -0.0358. The molecular weight excluding hydrogens is 220 g/mol. The molecule has 0 aromatic carbocycles. The summed E-state index contributed by atoms with van der Waals surface area (Å²) >= 11 is 0. The number of nitrogens with one attached hydrogen (secondary N) is 2. The number of rotatable bonds is 4. The fourth-order valence-electron chi connectivity index (χ4n) is 1.77. The minimum Gasteiger partial charge on any atom is -0.338 e.